The second kappa shape index (κ2) is 8.34. The molecule has 0 N–H and O–H groups in total. The van der Waals surface area contributed by atoms with Crippen molar-refractivity contribution in [3.8, 4) is 0 Å². The Hall–Kier alpha value is -4.08. The third-order valence-corrected chi connectivity index (χ3v) is 3.44. The lowest BCUT2D eigenvalue weighted by Crippen LogP contribution is -2.08. The van der Waals surface area contributed by atoms with Crippen LogP contribution in [-0.4, -0.2) is 21.5 Å². The van der Waals surface area contributed by atoms with Crippen molar-refractivity contribution in [2.24, 2.45) is 10.2 Å². The van der Waals surface area contributed by atoms with E-state index in [-0.39, 0.29) is 22.6 Å². The summed E-state index contributed by atoms with van der Waals surface area (Å²) in [5.41, 5.74) is -1.34. The number of ketones is 1. The highest BCUT2D eigenvalue weighted by atomic mass is 16.6. The van der Waals surface area contributed by atoms with Gasteiger partial charge in [-0.2, -0.15) is 5.11 Å². The molecule has 27 heavy (non-hydrogen) atoms. The molecule has 0 fully saturated rings. The van der Waals surface area contributed by atoms with Crippen LogP contribution in [0.4, 0.5) is 11.4 Å². The summed E-state index contributed by atoms with van der Waals surface area (Å²) in [7, 11) is 0. The monoisotopic (exact) mass is 368 g/mol. The van der Waals surface area contributed by atoms with Crippen LogP contribution in [0.5, 0.6) is 0 Å². The van der Waals surface area contributed by atoms with E-state index in [2.05, 4.69) is 10.2 Å². The number of azo groups is 1. The molecule has 1 aliphatic heterocycles. The number of aryl methyl sites for hydroxylation is 1. The van der Waals surface area contributed by atoms with Gasteiger partial charge in [0.25, 0.3) is 5.91 Å². The van der Waals surface area contributed by atoms with Crippen LogP contribution in [0.2, 0.25) is 0 Å². The Kier molecular flexibility index (Phi) is 5.94. The van der Waals surface area contributed by atoms with Crippen LogP contribution in [0.1, 0.15) is 21.5 Å². The third-order valence-electron chi connectivity index (χ3n) is 3.44. The van der Waals surface area contributed by atoms with Crippen molar-refractivity contribution in [2.75, 3.05) is 0 Å². The Balaban J connectivity index is 0.000000369. The zero-order chi connectivity index (χ0) is 20.0. The maximum atomic E-state index is 12.3. The summed E-state index contributed by atoms with van der Waals surface area (Å²) < 4.78 is 0. The van der Waals surface area contributed by atoms with Crippen LogP contribution in [-0.2, 0) is 4.79 Å². The molecule has 0 spiro atoms. The summed E-state index contributed by atoms with van der Waals surface area (Å²) >= 11 is 0. The highest BCUT2D eigenvalue weighted by Crippen LogP contribution is 2.34. The van der Waals surface area contributed by atoms with Crippen molar-refractivity contribution >= 4 is 23.1 Å². The van der Waals surface area contributed by atoms with Crippen molar-refractivity contribution < 1.29 is 19.4 Å². The average molecular weight is 368 g/mol. The molecule has 3 rings (SSSR count). The van der Waals surface area contributed by atoms with Gasteiger partial charge in [-0.15, -0.1) is 5.11 Å². The normalized spacial score (nSPS) is 11.7. The standard InChI is InChI=1S/C14H10N2O5.C3H2N2O/c1-9-7-8-11(13(16(20)21)12(9)15(18)19)14(17)10-5-3-2-4-6-10;6-3-1-2-4-5-3/h2-8H,1H3;1-2H. The Labute approximate surface area is 152 Å². The number of nitrogens with zero attached hydrogens (tertiary/aromatic N) is 4. The lowest BCUT2D eigenvalue weighted by Gasteiger charge is -2.05. The first-order chi connectivity index (χ1) is 12.8. The zero-order valence-electron chi connectivity index (χ0n) is 13.9. The Morgan fingerprint density at radius 3 is 2.04 bits per heavy atom. The first-order valence-corrected chi connectivity index (χ1v) is 7.46. The van der Waals surface area contributed by atoms with Gasteiger partial charge in [0.1, 0.15) is 5.56 Å². The second-order valence-corrected chi connectivity index (χ2v) is 5.21. The number of rotatable bonds is 4. The van der Waals surface area contributed by atoms with Crippen molar-refractivity contribution in [2.45, 2.75) is 6.92 Å². The number of nitro benzene ring substituents is 2. The predicted octanol–water partition coefficient (Wildman–Crippen LogP) is 3.53. The van der Waals surface area contributed by atoms with Gasteiger partial charge in [0.2, 0.25) is 0 Å². The minimum absolute atomic E-state index is 0.135. The van der Waals surface area contributed by atoms with E-state index in [1.807, 2.05) is 0 Å². The fourth-order valence-electron chi connectivity index (χ4n) is 2.24. The van der Waals surface area contributed by atoms with Gasteiger partial charge in [-0.05, 0) is 13.0 Å². The summed E-state index contributed by atoms with van der Waals surface area (Å²) in [5.74, 6) is -0.889. The maximum Gasteiger partial charge on any atom is 0.357 e. The van der Waals surface area contributed by atoms with Gasteiger partial charge in [-0.3, -0.25) is 29.8 Å². The minimum Gasteiger partial charge on any atom is -0.288 e. The molecular formula is C17H12N4O6. The van der Waals surface area contributed by atoms with Gasteiger partial charge in [0.15, 0.2) is 5.78 Å². The molecule has 0 unspecified atom stereocenters. The minimum atomic E-state index is -0.888. The smallest absolute Gasteiger partial charge is 0.288 e. The summed E-state index contributed by atoms with van der Waals surface area (Å²) in [6.07, 6.45) is 2.67. The number of nitro groups is 2. The summed E-state index contributed by atoms with van der Waals surface area (Å²) in [6, 6.07) is 10.5. The predicted molar refractivity (Wildman–Crippen MR) is 93.4 cm³/mol. The van der Waals surface area contributed by atoms with Crippen LogP contribution in [0.25, 0.3) is 0 Å². The van der Waals surface area contributed by atoms with E-state index in [0.717, 1.165) is 0 Å². The van der Waals surface area contributed by atoms with Gasteiger partial charge in [-0.25, -0.2) is 0 Å². The number of hydrogen-bond acceptors (Lipinski definition) is 7. The lowest BCUT2D eigenvalue weighted by molar-refractivity contribution is -0.423. The van der Waals surface area contributed by atoms with Crippen LogP contribution < -0.4 is 0 Å². The van der Waals surface area contributed by atoms with Crippen LogP contribution in [0, 0.1) is 27.2 Å². The molecule has 0 aliphatic carbocycles. The van der Waals surface area contributed by atoms with Crippen molar-refractivity contribution in [3.05, 3.63) is 91.7 Å². The van der Waals surface area contributed by atoms with E-state index in [9.17, 15) is 29.8 Å². The summed E-state index contributed by atoms with van der Waals surface area (Å²) in [4.78, 5) is 42.7. The van der Waals surface area contributed by atoms with E-state index in [0.29, 0.717) is 0 Å². The van der Waals surface area contributed by atoms with E-state index in [1.165, 1.54) is 43.5 Å². The Morgan fingerprint density at radius 1 is 0.963 bits per heavy atom. The van der Waals surface area contributed by atoms with Gasteiger partial charge < -0.3 is 0 Å². The number of carbonyl (C=O) groups excluding carboxylic acids is 2. The van der Waals surface area contributed by atoms with Crippen LogP contribution in [0.3, 0.4) is 0 Å². The molecule has 1 amide bonds. The molecule has 0 atom stereocenters. The number of hydrogen-bond donors (Lipinski definition) is 0. The van der Waals surface area contributed by atoms with E-state index in [4.69, 9.17) is 0 Å². The Bertz CT molecular complexity index is 968. The maximum absolute atomic E-state index is 12.3. The summed E-state index contributed by atoms with van der Waals surface area (Å²) in [6.45, 7) is 1.39. The molecule has 0 saturated carbocycles. The number of amides is 1. The summed E-state index contributed by atoms with van der Waals surface area (Å²) in [5, 5.41) is 28.6. The molecule has 2 aromatic carbocycles. The zero-order valence-corrected chi connectivity index (χ0v) is 13.9. The molecule has 0 saturated heterocycles. The van der Waals surface area contributed by atoms with Crippen LogP contribution in [0.15, 0.2) is 65.0 Å². The van der Waals surface area contributed by atoms with Crippen molar-refractivity contribution in [3.63, 3.8) is 0 Å². The van der Waals surface area contributed by atoms with E-state index >= 15 is 0 Å². The van der Waals surface area contributed by atoms with Gasteiger partial charge in [0.05, 0.1) is 16.0 Å². The van der Waals surface area contributed by atoms with E-state index in [1.54, 1.807) is 18.2 Å². The molecule has 136 valence electrons. The largest absolute Gasteiger partial charge is 0.357 e. The first-order valence-electron chi connectivity index (χ1n) is 7.46. The van der Waals surface area contributed by atoms with Crippen molar-refractivity contribution in [1.82, 2.24) is 0 Å². The second-order valence-electron chi connectivity index (χ2n) is 5.21. The fourth-order valence-corrected chi connectivity index (χ4v) is 2.24. The van der Waals surface area contributed by atoms with E-state index < -0.39 is 27.0 Å². The quantitative estimate of drug-likeness (QED) is 0.458. The SMILES string of the molecule is Cc1ccc(C(=O)c2ccccc2)c([N+](=O)[O-])c1[N+](=O)[O-].O=C1C=CN=N1. The molecule has 0 aromatic heterocycles. The number of benzene rings is 2. The highest BCUT2D eigenvalue weighted by molar-refractivity contribution is 6.12. The molecule has 0 radical (unpaired) electrons. The topological polar surface area (TPSA) is 145 Å². The fraction of sp³-hybridized carbons (Fsp3) is 0.0588. The molecule has 10 heteroatoms. The molecule has 10 nitrogen and oxygen atoms in total. The first kappa shape index (κ1) is 19.2. The molecular weight excluding hydrogens is 356 g/mol. The third kappa shape index (κ3) is 4.51. The molecule has 2 aromatic rings. The molecule has 1 aliphatic rings. The highest BCUT2D eigenvalue weighted by Gasteiger charge is 2.33. The molecule has 0 bridgehead atoms. The van der Waals surface area contributed by atoms with Gasteiger partial charge in [-0.1, -0.05) is 36.4 Å². The lowest BCUT2D eigenvalue weighted by atomic mass is 9.99. The van der Waals surface area contributed by atoms with Gasteiger partial charge in [0, 0.05) is 17.2 Å². The van der Waals surface area contributed by atoms with Gasteiger partial charge >= 0.3 is 11.4 Å². The number of carbonyl (C=O) groups is 2. The molecule has 1 heterocycles. The average Bonchev–Trinajstić information content (AvgIpc) is 3.12. The van der Waals surface area contributed by atoms with Crippen molar-refractivity contribution in [1.29, 1.82) is 0 Å². The van der Waals surface area contributed by atoms with Crippen LogP contribution >= 0.6 is 0 Å². The Morgan fingerprint density at radius 2 is 1.59 bits per heavy atom.